The van der Waals surface area contributed by atoms with Crippen LogP contribution in [-0.2, 0) is 40.6 Å². The summed E-state index contributed by atoms with van der Waals surface area (Å²) >= 11 is 0. The number of carboxylic acids is 2. The lowest BCUT2D eigenvalue weighted by atomic mass is 9.84. The number of alkyl halides is 3. The number of hydrogen-bond donors (Lipinski definition) is 8. The van der Waals surface area contributed by atoms with Crippen molar-refractivity contribution in [1.82, 2.24) is 26.2 Å². The molecule has 1 fully saturated rings. The van der Waals surface area contributed by atoms with Gasteiger partial charge in [-0.25, -0.2) is 4.79 Å². The molecule has 328 valence electrons. The molecule has 10 N–H and O–H groups in total. The number of piperidine rings is 1. The van der Waals surface area contributed by atoms with E-state index in [0.29, 0.717) is 38.8 Å². The lowest BCUT2D eigenvalue weighted by Crippen LogP contribution is -2.60. The molecule has 1 aliphatic heterocycles. The summed E-state index contributed by atoms with van der Waals surface area (Å²) in [4.78, 5) is 76.8. The van der Waals surface area contributed by atoms with Crippen LogP contribution in [0.5, 0.6) is 0 Å². The Morgan fingerprint density at radius 3 is 1.85 bits per heavy atom. The minimum atomic E-state index is -5.08. The average molecular weight is 836 g/mol. The number of aliphatic carboxylic acids is 2. The third kappa shape index (κ3) is 17.4. The SMILES string of the molecule is CC(C)C[C@@H](NC(=O)[C@@H](Cc1ccccc1)NC(=O)CNCC(C)(C)c1ccccc1)C(=O)N[C@H](CCCCN)C(=O)N1CCC(N)(C(=O)O)CC1.O=C(O)C(F)(F)F. The van der Waals surface area contributed by atoms with Crippen LogP contribution in [0.3, 0.4) is 0 Å². The zero-order chi connectivity index (χ0) is 44.4. The molecule has 3 rings (SSSR count). The van der Waals surface area contributed by atoms with E-state index in [0.717, 1.165) is 11.1 Å². The molecule has 18 heteroatoms. The summed E-state index contributed by atoms with van der Waals surface area (Å²) in [5.74, 6) is -5.57. The Labute approximate surface area is 343 Å². The predicted molar refractivity (Wildman–Crippen MR) is 215 cm³/mol. The van der Waals surface area contributed by atoms with Gasteiger partial charge < -0.3 is 47.8 Å². The van der Waals surface area contributed by atoms with Crippen LogP contribution in [0.2, 0.25) is 0 Å². The summed E-state index contributed by atoms with van der Waals surface area (Å²) < 4.78 is 31.7. The van der Waals surface area contributed by atoms with Gasteiger partial charge in [0.05, 0.1) is 6.54 Å². The Morgan fingerprint density at radius 1 is 0.814 bits per heavy atom. The van der Waals surface area contributed by atoms with Crippen molar-refractivity contribution in [3.05, 3.63) is 71.8 Å². The van der Waals surface area contributed by atoms with Crippen LogP contribution in [0.1, 0.15) is 77.3 Å². The van der Waals surface area contributed by atoms with Crippen LogP contribution in [-0.4, -0.2) is 113 Å². The van der Waals surface area contributed by atoms with E-state index in [4.69, 9.17) is 21.4 Å². The number of unbranched alkanes of at least 4 members (excludes halogenated alkanes) is 1. The highest BCUT2D eigenvalue weighted by Crippen LogP contribution is 2.23. The van der Waals surface area contributed by atoms with Crippen molar-refractivity contribution < 1.29 is 52.2 Å². The van der Waals surface area contributed by atoms with Gasteiger partial charge >= 0.3 is 18.1 Å². The molecule has 1 aliphatic rings. The van der Waals surface area contributed by atoms with Gasteiger partial charge in [-0.3, -0.25) is 24.0 Å². The first-order chi connectivity index (χ1) is 27.6. The van der Waals surface area contributed by atoms with Crippen LogP contribution in [0.4, 0.5) is 13.2 Å². The molecular weight excluding hydrogens is 775 g/mol. The maximum absolute atomic E-state index is 13.9. The number of rotatable bonds is 20. The summed E-state index contributed by atoms with van der Waals surface area (Å²) in [6.45, 7) is 9.28. The molecular formula is C41H60F3N7O8. The highest BCUT2D eigenvalue weighted by molar-refractivity contribution is 5.94. The van der Waals surface area contributed by atoms with Crippen molar-refractivity contribution >= 4 is 35.6 Å². The second-order valence-electron chi connectivity index (χ2n) is 15.8. The molecule has 3 atom stereocenters. The van der Waals surface area contributed by atoms with Crippen LogP contribution in [0.25, 0.3) is 0 Å². The van der Waals surface area contributed by atoms with Gasteiger partial charge in [-0.15, -0.1) is 0 Å². The number of carbonyl (C=O) groups is 6. The standard InChI is InChI=1S/C39H59N7O6.C2HF3O2/c1-27(2)23-31(34(48)44-30(17-11-12-20-40)36(50)46-21-18-39(41,19-22-46)37(51)52)45-35(49)32(24-28-13-7-5-8-14-28)43-33(47)25-42-26-38(3,4)29-15-9-6-10-16-29;3-2(4,5)1(6)7/h5-10,13-16,27,30-32,42H,11-12,17-26,40-41H2,1-4H3,(H,43,47)(H,44,48)(H,45,49)(H,51,52);(H,6,7)/t30-,31-,32-;/m1./s1. The summed E-state index contributed by atoms with van der Waals surface area (Å²) in [6, 6.07) is 16.5. The topological polar surface area (TPSA) is 246 Å². The van der Waals surface area contributed by atoms with E-state index in [1.165, 1.54) is 4.90 Å². The highest BCUT2D eigenvalue weighted by atomic mass is 19.4. The van der Waals surface area contributed by atoms with Crippen molar-refractivity contribution in [3.8, 4) is 0 Å². The lowest BCUT2D eigenvalue weighted by molar-refractivity contribution is -0.192. The molecule has 1 saturated heterocycles. The summed E-state index contributed by atoms with van der Waals surface area (Å²) in [7, 11) is 0. The number of nitrogens with two attached hydrogens (primary N) is 2. The van der Waals surface area contributed by atoms with Crippen LogP contribution >= 0.6 is 0 Å². The second-order valence-corrected chi connectivity index (χ2v) is 15.8. The Hall–Kier alpha value is -5.07. The van der Waals surface area contributed by atoms with Gasteiger partial charge in [0, 0.05) is 31.5 Å². The summed E-state index contributed by atoms with van der Waals surface area (Å²) in [6.07, 6.45) is -2.83. The fraction of sp³-hybridized carbons (Fsp3) is 0.561. The Bertz CT molecular complexity index is 1670. The van der Waals surface area contributed by atoms with E-state index in [9.17, 15) is 42.3 Å². The van der Waals surface area contributed by atoms with Crippen molar-refractivity contribution in [2.24, 2.45) is 17.4 Å². The van der Waals surface area contributed by atoms with Gasteiger partial charge in [0.2, 0.25) is 23.6 Å². The van der Waals surface area contributed by atoms with Gasteiger partial charge in [-0.2, -0.15) is 13.2 Å². The average Bonchev–Trinajstić information content (AvgIpc) is 3.17. The second kappa shape index (κ2) is 23.5. The summed E-state index contributed by atoms with van der Waals surface area (Å²) in [5.41, 5.74) is 12.1. The maximum atomic E-state index is 13.9. The van der Waals surface area contributed by atoms with E-state index < -0.39 is 53.6 Å². The van der Waals surface area contributed by atoms with Crippen molar-refractivity contribution in [1.29, 1.82) is 0 Å². The fourth-order valence-corrected chi connectivity index (χ4v) is 6.34. The number of benzene rings is 2. The van der Waals surface area contributed by atoms with E-state index in [2.05, 4.69) is 35.1 Å². The van der Waals surface area contributed by atoms with Gasteiger partial charge in [-0.05, 0) is 62.1 Å². The number of nitrogens with zero attached hydrogens (tertiary/aromatic N) is 1. The maximum Gasteiger partial charge on any atom is 0.490 e. The molecule has 0 aliphatic carbocycles. The number of hydrogen-bond acceptors (Lipinski definition) is 9. The van der Waals surface area contributed by atoms with Gasteiger partial charge in [0.1, 0.15) is 23.7 Å². The predicted octanol–water partition coefficient (Wildman–Crippen LogP) is 2.46. The molecule has 2 aromatic carbocycles. The fourth-order valence-electron chi connectivity index (χ4n) is 6.34. The van der Waals surface area contributed by atoms with Gasteiger partial charge in [-0.1, -0.05) is 88.4 Å². The van der Waals surface area contributed by atoms with Crippen LogP contribution in [0.15, 0.2) is 60.7 Å². The van der Waals surface area contributed by atoms with E-state index in [1.807, 2.05) is 74.5 Å². The van der Waals surface area contributed by atoms with E-state index >= 15 is 0 Å². The smallest absolute Gasteiger partial charge is 0.480 e. The molecule has 59 heavy (non-hydrogen) atoms. The van der Waals surface area contributed by atoms with Crippen LogP contribution in [0, 0.1) is 5.92 Å². The number of likely N-dealkylation sites (tertiary alicyclic amines) is 1. The molecule has 0 radical (unpaired) electrons. The van der Waals surface area contributed by atoms with Crippen molar-refractivity contribution in [3.63, 3.8) is 0 Å². The normalized spacial score (nSPS) is 15.5. The van der Waals surface area contributed by atoms with Crippen molar-refractivity contribution in [2.75, 3.05) is 32.7 Å². The molecule has 1 heterocycles. The highest BCUT2D eigenvalue weighted by Gasteiger charge is 2.41. The Balaban J connectivity index is 0.00000157. The number of amides is 4. The number of carbonyl (C=O) groups excluding carboxylic acids is 4. The zero-order valence-corrected chi connectivity index (χ0v) is 34.1. The number of halogens is 3. The Kier molecular flexibility index (Phi) is 19.9. The molecule has 4 amide bonds. The Morgan fingerprint density at radius 2 is 1.34 bits per heavy atom. The third-order valence-electron chi connectivity index (χ3n) is 9.88. The first-order valence-electron chi connectivity index (χ1n) is 19.6. The largest absolute Gasteiger partial charge is 0.490 e. The minimum Gasteiger partial charge on any atom is -0.480 e. The molecule has 0 bridgehead atoms. The van der Waals surface area contributed by atoms with Gasteiger partial charge in [0.15, 0.2) is 0 Å². The first-order valence-corrected chi connectivity index (χ1v) is 19.6. The quantitative estimate of drug-likeness (QED) is 0.0901. The lowest BCUT2D eigenvalue weighted by Gasteiger charge is -2.38. The number of nitrogens with one attached hydrogen (secondary N) is 4. The summed E-state index contributed by atoms with van der Waals surface area (Å²) in [5, 5.41) is 28.5. The molecule has 0 saturated carbocycles. The molecule has 15 nitrogen and oxygen atoms in total. The van der Waals surface area contributed by atoms with E-state index in [1.54, 1.807) is 0 Å². The molecule has 0 aromatic heterocycles. The molecule has 0 unspecified atom stereocenters. The van der Waals surface area contributed by atoms with E-state index in [-0.39, 0.29) is 62.0 Å². The molecule has 0 spiro atoms. The minimum absolute atomic E-state index is 0.00836. The van der Waals surface area contributed by atoms with Crippen molar-refractivity contribution in [2.45, 2.75) is 108 Å². The molecule has 2 aromatic rings. The van der Waals surface area contributed by atoms with Crippen LogP contribution < -0.4 is 32.7 Å². The zero-order valence-electron chi connectivity index (χ0n) is 34.1. The third-order valence-corrected chi connectivity index (χ3v) is 9.88. The monoisotopic (exact) mass is 835 g/mol. The van der Waals surface area contributed by atoms with Gasteiger partial charge in [0.25, 0.3) is 0 Å². The number of carboxylic acid groups (broad SMARTS) is 2. The first kappa shape index (κ1) is 50.1.